The quantitative estimate of drug-likeness (QED) is 0.478. The number of pyridine rings is 2. The number of anilines is 1. The number of hydrogen-bond donors (Lipinski definition) is 3. The van der Waals surface area contributed by atoms with Crippen LogP contribution in [0.5, 0.6) is 0 Å². The van der Waals surface area contributed by atoms with E-state index in [0.717, 1.165) is 37.8 Å². The van der Waals surface area contributed by atoms with Gasteiger partial charge in [-0.05, 0) is 62.1 Å². The van der Waals surface area contributed by atoms with E-state index < -0.39 is 11.9 Å². The Morgan fingerprint density at radius 1 is 1.00 bits per heavy atom. The predicted molar refractivity (Wildman–Crippen MR) is 131 cm³/mol. The van der Waals surface area contributed by atoms with E-state index in [9.17, 15) is 14.4 Å². The number of aryl methyl sites for hydroxylation is 1. The highest BCUT2D eigenvalue weighted by Gasteiger charge is 2.31. The van der Waals surface area contributed by atoms with Crippen molar-refractivity contribution in [2.75, 3.05) is 12.4 Å². The molecule has 1 atom stereocenters. The van der Waals surface area contributed by atoms with E-state index in [1.54, 1.807) is 43.4 Å². The second kappa shape index (κ2) is 10.9. The van der Waals surface area contributed by atoms with Gasteiger partial charge < -0.3 is 20.4 Å². The van der Waals surface area contributed by atoms with Gasteiger partial charge in [-0.15, -0.1) is 0 Å². The molecule has 1 aliphatic rings. The molecule has 4 rings (SSSR count). The van der Waals surface area contributed by atoms with E-state index in [4.69, 9.17) is 4.42 Å². The Morgan fingerprint density at radius 3 is 2.49 bits per heavy atom. The Morgan fingerprint density at radius 2 is 1.80 bits per heavy atom. The number of nitrogens with one attached hydrogen (secondary N) is 3. The normalized spacial score (nSPS) is 14.7. The Hall–Kier alpha value is -4.01. The van der Waals surface area contributed by atoms with Crippen molar-refractivity contribution in [3.05, 3.63) is 65.8 Å². The molecule has 9 nitrogen and oxygen atoms in total. The van der Waals surface area contributed by atoms with Crippen LogP contribution in [0.1, 0.15) is 58.8 Å². The average Bonchev–Trinajstić information content (AvgIpc) is 3.38. The molecule has 0 spiro atoms. The van der Waals surface area contributed by atoms with E-state index in [2.05, 4.69) is 25.9 Å². The summed E-state index contributed by atoms with van der Waals surface area (Å²) in [5.41, 5.74) is 2.08. The first-order valence-electron chi connectivity index (χ1n) is 11.8. The molecular weight excluding hydrogens is 446 g/mol. The summed E-state index contributed by atoms with van der Waals surface area (Å²) in [4.78, 5) is 46.2. The molecule has 3 heterocycles. The van der Waals surface area contributed by atoms with E-state index >= 15 is 0 Å². The molecule has 35 heavy (non-hydrogen) atoms. The van der Waals surface area contributed by atoms with E-state index in [0.29, 0.717) is 22.8 Å². The van der Waals surface area contributed by atoms with Crippen molar-refractivity contribution in [1.82, 2.24) is 20.6 Å². The Kier molecular flexibility index (Phi) is 7.54. The number of carbonyl (C=O) groups is 3. The Labute approximate surface area is 203 Å². The van der Waals surface area contributed by atoms with Crippen LogP contribution in [0.2, 0.25) is 0 Å². The molecule has 182 valence electrons. The van der Waals surface area contributed by atoms with Crippen LogP contribution in [-0.4, -0.2) is 40.8 Å². The van der Waals surface area contributed by atoms with Crippen molar-refractivity contribution in [1.29, 1.82) is 0 Å². The molecule has 3 aromatic heterocycles. The Balaban J connectivity index is 1.41. The molecule has 3 amide bonds. The summed E-state index contributed by atoms with van der Waals surface area (Å²) >= 11 is 0. The van der Waals surface area contributed by atoms with Gasteiger partial charge in [-0.3, -0.25) is 19.4 Å². The topological polar surface area (TPSA) is 126 Å². The van der Waals surface area contributed by atoms with Crippen molar-refractivity contribution in [2.24, 2.45) is 5.92 Å². The molecule has 3 aromatic rings. The lowest BCUT2D eigenvalue weighted by molar-refractivity contribution is -0.124. The standard InChI is InChI=1S/C26H29N5O4/c1-16-7-6-10-20(29-16)24(32)30-18-11-12-19(28-15-18)21-13-14-22(35-21)25(33)31-23(26(34)27-2)17-8-4-3-5-9-17/h6-7,10-15,17,23H,3-5,8-9H2,1-2H3,(H,27,34)(H,30,32)(H,31,33). The maximum atomic E-state index is 12.8. The van der Waals surface area contributed by atoms with Gasteiger partial charge in [0, 0.05) is 12.7 Å². The fraction of sp³-hybridized carbons (Fsp3) is 0.346. The number of rotatable bonds is 7. The van der Waals surface area contributed by atoms with Gasteiger partial charge in [0.25, 0.3) is 11.8 Å². The second-order valence-electron chi connectivity index (χ2n) is 8.68. The zero-order chi connectivity index (χ0) is 24.8. The number of carbonyl (C=O) groups excluding carboxylic acids is 3. The van der Waals surface area contributed by atoms with Crippen molar-refractivity contribution in [3.63, 3.8) is 0 Å². The van der Waals surface area contributed by atoms with Gasteiger partial charge in [0.05, 0.1) is 11.9 Å². The van der Waals surface area contributed by atoms with Gasteiger partial charge in [-0.1, -0.05) is 25.3 Å². The van der Waals surface area contributed by atoms with Crippen LogP contribution in [-0.2, 0) is 4.79 Å². The van der Waals surface area contributed by atoms with Crippen molar-refractivity contribution < 1.29 is 18.8 Å². The molecule has 9 heteroatoms. The van der Waals surface area contributed by atoms with Crippen LogP contribution >= 0.6 is 0 Å². The maximum Gasteiger partial charge on any atom is 0.287 e. The minimum Gasteiger partial charge on any atom is -0.449 e. The van der Waals surface area contributed by atoms with Gasteiger partial charge in [0.1, 0.15) is 17.4 Å². The molecule has 0 aromatic carbocycles. The van der Waals surface area contributed by atoms with Crippen LogP contribution in [0.15, 0.2) is 53.1 Å². The van der Waals surface area contributed by atoms with Gasteiger partial charge in [0.15, 0.2) is 11.5 Å². The lowest BCUT2D eigenvalue weighted by Gasteiger charge is -2.29. The lowest BCUT2D eigenvalue weighted by Crippen LogP contribution is -2.50. The summed E-state index contributed by atoms with van der Waals surface area (Å²) < 4.78 is 5.73. The first-order valence-corrected chi connectivity index (χ1v) is 11.8. The molecule has 1 fully saturated rings. The Bertz CT molecular complexity index is 1200. The number of furan rings is 1. The summed E-state index contributed by atoms with van der Waals surface area (Å²) in [6.07, 6.45) is 6.61. The highest BCUT2D eigenvalue weighted by Crippen LogP contribution is 2.27. The van der Waals surface area contributed by atoms with Gasteiger partial charge in [0.2, 0.25) is 5.91 Å². The molecule has 0 aliphatic heterocycles. The molecule has 1 unspecified atom stereocenters. The van der Waals surface area contributed by atoms with Crippen molar-refractivity contribution >= 4 is 23.4 Å². The summed E-state index contributed by atoms with van der Waals surface area (Å²) in [5, 5.41) is 8.26. The third-order valence-electron chi connectivity index (χ3n) is 6.16. The first-order chi connectivity index (χ1) is 16.9. The summed E-state index contributed by atoms with van der Waals surface area (Å²) in [6.45, 7) is 1.82. The number of likely N-dealkylation sites (N-methyl/N-ethyl adjacent to an activating group) is 1. The molecule has 0 radical (unpaired) electrons. The minimum atomic E-state index is -0.592. The monoisotopic (exact) mass is 475 g/mol. The molecule has 1 saturated carbocycles. The van der Waals surface area contributed by atoms with Crippen LogP contribution in [0.3, 0.4) is 0 Å². The van der Waals surface area contributed by atoms with Gasteiger partial charge in [-0.2, -0.15) is 0 Å². The van der Waals surface area contributed by atoms with Crippen LogP contribution in [0.4, 0.5) is 5.69 Å². The second-order valence-corrected chi connectivity index (χ2v) is 8.68. The average molecular weight is 476 g/mol. The molecule has 0 bridgehead atoms. The first kappa shape index (κ1) is 24.1. The van der Waals surface area contributed by atoms with Gasteiger partial charge in [-0.25, -0.2) is 4.98 Å². The molecule has 1 aliphatic carbocycles. The third-order valence-corrected chi connectivity index (χ3v) is 6.16. The lowest BCUT2D eigenvalue weighted by atomic mass is 9.83. The number of amides is 3. The number of nitrogens with zero attached hydrogens (tertiary/aromatic N) is 2. The zero-order valence-corrected chi connectivity index (χ0v) is 19.8. The maximum absolute atomic E-state index is 12.8. The number of hydrogen-bond acceptors (Lipinski definition) is 6. The van der Waals surface area contributed by atoms with E-state index in [1.807, 2.05) is 13.0 Å². The number of aromatic nitrogens is 2. The highest BCUT2D eigenvalue weighted by molar-refractivity contribution is 6.02. The summed E-state index contributed by atoms with van der Waals surface area (Å²) in [6, 6.07) is 11.2. The smallest absolute Gasteiger partial charge is 0.287 e. The van der Waals surface area contributed by atoms with E-state index in [1.165, 1.54) is 6.20 Å². The van der Waals surface area contributed by atoms with Crippen LogP contribution < -0.4 is 16.0 Å². The molecule has 0 saturated heterocycles. The molecule has 3 N–H and O–H groups in total. The third kappa shape index (κ3) is 5.92. The minimum absolute atomic E-state index is 0.106. The highest BCUT2D eigenvalue weighted by atomic mass is 16.4. The SMILES string of the molecule is CNC(=O)C(NC(=O)c1ccc(-c2ccc(NC(=O)c3cccc(C)n3)cn2)o1)C1CCCCC1. The van der Waals surface area contributed by atoms with Crippen molar-refractivity contribution in [3.8, 4) is 11.5 Å². The summed E-state index contributed by atoms with van der Waals surface area (Å²) in [5.74, 6) is -0.343. The van der Waals surface area contributed by atoms with Crippen molar-refractivity contribution in [2.45, 2.75) is 45.1 Å². The fourth-order valence-electron chi connectivity index (χ4n) is 4.31. The fourth-order valence-corrected chi connectivity index (χ4v) is 4.31. The van der Waals surface area contributed by atoms with Gasteiger partial charge >= 0.3 is 0 Å². The van der Waals surface area contributed by atoms with Crippen LogP contribution in [0, 0.1) is 12.8 Å². The zero-order valence-electron chi connectivity index (χ0n) is 19.8. The largest absolute Gasteiger partial charge is 0.449 e. The van der Waals surface area contributed by atoms with Crippen LogP contribution in [0.25, 0.3) is 11.5 Å². The predicted octanol–water partition coefficient (Wildman–Crippen LogP) is 3.72. The molecular formula is C26H29N5O4. The van der Waals surface area contributed by atoms with E-state index in [-0.39, 0.29) is 23.5 Å². The summed E-state index contributed by atoms with van der Waals surface area (Å²) in [7, 11) is 1.57.